The molecule has 0 saturated heterocycles. The molecule has 0 aliphatic carbocycles. The van der Waals surface area contributed by atoms with Gasteiger partial charge in [-0.2, -0.15) is 5.10 Å². The first kappa shape index (κ1) is 14.4. The van der Waals surface area contributed by atoms with Gasteiger partial charge < -0.3 is 9.73 Å². The number of aromatic nitrogens is 3. The van der Waals surface area contributed by atoms with Crippen LogP contribution in [0.4, 0.5) is 10.2 Å². The van der Waals surface area contributed by atoms with Crippen LogP contribution in [0.25, 0.3) is 21.9 Å². The number of halogens is 1. The fraction of sp³-hybridized carbons (Fsp3) is 0.118. The van der Waals surface area contributed by atoms with Crippen LogP contribution in [0.3, 0.4) is 0 Å². The van der Waals surface area contributed by atoms with Crippen LogP contribution in [0, 0.1) is 12.7 Å². The molecule has 0 fully saturated rings. The van der Waals surface area contributed by atoms with Gasteiger partial charge in [-0.15, -0.1) is 0 Å². The van der Waals surface area contributed by atoms with Gasteiger partial charge in [-0.1, -0.05) is 0 Å². The van der Waals surface area contributed by atoms with Crippen LogP contribution in [0.2, 0.25) is 0 Å². The number of rotatable bonds is 2. The number of carbonyl (C=O) groups is 1. The summed E-state index contributed by atoms with van der Waals surface area (Å²) in [6, 6.07) is 8.09. The fourth-order valence-electron chi connectivity index (χ4n) is 2.70. The first-order valence-electron chi connectivity index (χ1n) is 7.31. The van der Waals surface area contributed by atoms with Gasteiger partial charge in [0.15, 0.2) is 17.2 Å². The highest BCUT2D eigenvalue weighted by Gasteiger charge is 2.17. The summed E-state index contributed by atoms with van der Waals surface area (Å²) < 4.78 is 20.8. The molecule has 3 aromatic heterocycles. The zero-order chi connectivity index (χ0) is 16.8. The second-order valence-corrected chi connectivity index (χ2v) is 5.58. The van der Waals surface area contributed by atoms with Crippen LogP contribution < -0.4 is 5.32 Å². The number of furan rings is 1. The molecule has 6 nitrogen and oxygen atoms in total. The van der Waals surface area contributed by atoms with Crippen LogP contribution in [-0.4, -0.2) is 20.7 Å². The van der Waals surface area contributed by atoms with Gasteiger partial charge in [0.05, 0.1) is 17.2 Å². The maximum Gasteiger partial charge on any atom is 0.292 e. The largest absolute Gasteiger partial charge is 0.459 e. The molecule has 120 valence electrons. The van der Waals surface area contributed by atoms with Crippen LogP contribution in [0.15, 0.2) is 41.0 Å². The van der Waals surface area contributed by atoms with E-state index >= 15 is 0 Å². The van der Waals surface area contributed by atoms with E-state index in [9.17, 15) is 9.18 Å². The molecule has 0 bridgehead atoms. The number of nitrogens with one attached hydrogen (secondary N) is 1. The van der Waals surface area contributed by atoms with E-state index in [4.69, 9.17) is 4.42 Å². The zero-order valence-electron chi connectivity index (χ0n) is 13.0. The second-order valence-electron chi connectivity index (χ2n) is 5.58. The Bertz CT molecular complexity index is 1080. The number of nitrogens with zero attached hydrogens (tertiary/aromatic N) is 3. The predicted molar refractivity (Wildman–Crippen MR) is 87.4 cm³/mol. The minimum atomic E-state index is -0.426. The van der Waals surface area contributed by atoms with Gasteiger partial charge in [0.1, 0.15) is 5.82 Å². The highest BCUT2D eigenvalue weighted by atomic mass is 19.1. The maximum atomic E-state index is 14.2. The molecule has 3 heterocycles. The lowest BCUT2D eigenvalue weighted by atomic mass is 10.1. The molecule has 1 aromatic carbocycles. The van der Waals surface area contributed by atoms with Gasteiger partial charge in [0.2, 0.25) is 0 Å². The van der Waals surface area contributed by atoms with Crippen molar-refractivity contribution < 1.29 is 13.6 Å². The van der Waals surface area contributed by atoms with E-state index in [1.165, 1.54) is 12.3 Å². The van der Waals surface area contributed by atoms with E-state index in [2.05, 4.69) is 15.4 Å². The summed E-state index contributed by atoms with van der Waals surface area (Å²) in [7, 11) is 1.72. The Morgan fingerprint density at radius 3 is 2.88 bits per heavy atom. The second kappa shape index (κ2) is 5.16. The fourth-order valence-corrected chi connectivity index (χ4v) is 2.70. The third-order valence-electron chi connectivity index (χ3n) is 3.80. The van der Waals surface area contributed by atoms with E-state index in [0.29, 0.717) is 27.8 Å². The summed E-state index contributed by atoms with van der Waals surface area (Å²) in [5.74, 6) is -0.302. The van der Waals surface area contributed by atoms with Crippen molar-refractivity contribution in [2.24, 2.45) is 7.05 Å². The normalized spacial score (nSPS) is 11.3. The average Bonchev–Trinajstić information content (AvgIpc) is 3.15. The van der Waals surface area contributed by atoms with Crippen molar-refractivity contribution in [1.82, 2.24) is 14.8 Å². The molecule has 7 heteroatoms. The number of benzene rings is 1. The van der Waals surface area contributed by atoms with E-state index in [1.807, 2.05) is 13.0 Å². The lowest BCUT2D eigenvalue weighted by Gasteiger charge is -2.03. The molecular formula is C17H13FN4O2. The first-order valence-corrected chi connectivity index (χ1v) is 7.31. The van der Waals surface area contributed by atoms with Crippen molar-refractivity contribution >= 4 is 33.7 Å². The van der Waals surface area contributed by atoms with Crippen LogP contribution in [0.5, 0.6) is 0 Å². The standard InChI is InChI=1S/C17H13FN4O2/c1-9-6-12(18)10-8-11-15(20-17(23)14-4-3-5-24-14)21-22(2)16(11)19-13(10)7-9/h3-8H,1-2H3,(H,20,21,23). The van der Waals surface area contributed by atoms with Crippen molar-refractivity contribution in [3.63, 3.8) is 0 Å². The Morgan fingerprint density at radius 1 is 1.29 bits per heavy atom. The molecule has 0 unspecified atom stereocenters. The lowest BCUT2D eigenvalue weighted by Crippen LogP contribution is -2.11. The number of aryl methyl sites for hydroxylation is 2. The summed E-state index contributed by atoms with van der Waals surface area (Å²) in [5.41, 5.74) is 1.90. The van der Waals surface area contributed by atoms with Crippen LogP contribution in [-0.2, 0) is 7.05 Å². The monoisotopic (exact) mass is 324 g/mol. The Hall–Kier alpha value is -3.22. The average molecular weight is 324 g/mol. The van der Waals surface area contributed by atoms with Crippen LogP contribution in [0.1, 0.15) is 16.1 Å². The minimum absolute atomic E-state index is 0.171. The quantitative estimate of drug-likeness (QED) is 0.613. The van der Waals surface area contributed by atoms with E-state index in [1.54, 1.807) is 29.9 Å². The third kappa shape index (κ3) is 2.21. The number of hydrogen-bond donors (Lipinski definition) is 1. The molecule has 1 amide bonds. The Balaban J connectivity index is 1.88. The molecule has 0 aliphatic heterocycles. The summed E-state index contributed by atoms with van der Waals surface area (Å²) in [6.45, 7) is 1.81. The van der Waals surface area contributed by atoms with Gasteiger partial charge in [-0.05, 0) is 42.8 Å². The number of carbonyl (C=O) groups excluding carboxylic acids is 1. The maximum absolute atomic E-state index is 14.2. The summed E-state index contributed by atoms with van der Waals surface area (Å²) in [4.78, 5) is 16.6. The Labute approximate surface area is 135 Å². The van der Waals surface area contributed by atoms with E-state index in [0.717, 1.165) is 5.56 Å². The Kier molecular flexibility index (Phi) is 3.09. The molecule has 0 saturated carbocycles. The highest BCUT2D eigenvalue weighted by molar-refractivity contribution is 6.07. The highest BCUT2D eigenvalue weighted by Crippen LogP contribution is 2.27. The summed E-state index contributed by atoms with van der Waals surface area (Å²) in [5, 5.41) is 7.90. The third-order valence-corrected chi connectivity index (χ3v) is 3.80. The number of pyridine rings is 1. The van der Waals surface area contributed by atoms with Gasteiger partial charge in [0, 0.05) is 12.4 Å². The molecule has 1 N–H and O–H groups in total. The number of anilines is 1. The molecule has 0 radical (unpaired) electrons. The van der Waals surface area contributed by atoms with E-state index in [-0.39, 0.29) is 11.6 Å². The van der Waals surface area contributed by atoms with E-state index < -0.39 is 5.91 Å². The van der Waals surface area contributed by atoms with Gasteiger partial charge in [0.25, 0.3) is 5.91 Å². The van der Waals surface area contributed by atoms with Crippen molar-refractivity contribution in [3.05, 3.63) is 53.7 Å². The summed E-state index contributed by atoms with van der Waals surface area (Å²) >= 11 is 0. The van der Waals surface area contributed by atoms with Crippen molar-refractivity contribution in [2.45, 2.75) is 6.92 Å². The topological polar surface area (TPSA) is 73.0 Å². The Morgan fingerprint density at radius 2 is 2.12 bits per heavy atom. The molecule has 0 atom stereocenters. The van der Waals surface area contributed by atoms with Gasteiger partial charge in [-0.25, -0.2) is 14.1 Å². The zero-order valence-corrected chi connectivity index (χ0v) is 13.0. The SMILES string of the molecule is Cc1cc(F)c2cc3c(NC(=O)c4ccco4)nn(C)c3nc2c1. The number of hydrogen-bond acceptors (Lipinski definition) is 4. The summed E-state index contributed by atoms with van der Waals surface area (Å²) in [6.07, 6.45) is 1.41. The smallest absolute Gasteiger partial charge is 0.292 e. The van der Waals surface area contributed by atoms with Crippen LogP contribution >= 0.6 is 0 Å². The number of amides is 1. The number of fused-ring (bicyclic) bond motifs is 2. The molecule has 4 rings (SSSR count). The van der Waals surface area contributed by atoms with Crippen molar-refractivity contribution in [1.29, 1.82) is 0 Å². The molecule has 0 aliphatic rings. The minimum Gasteiger partial charge on any atom is -0.459 e. The van der Waals surface area contributed by atoms with Crippen molar-refractivity contribution in [3.8, 4) is 0 Å². The van der Waals surface area contributed by atoms with Crippen molar-refractivity contribution in [2.75, 3.05) is 5.32 Å². The lowest BCUT2D eigenvalue weighted by molar-refractivity contribution is 0.0996. The molecule has 24 heavy (non-hydrogen) atoms. The molecular weight excluding hydrogens is 311 g/mol. The predicted octanol–water partition coefficient (Wildman–Crippen LogP) is 3.41. The van der Waals surface area contributed by atoms with Gasteiger partial charge >= 0.3 is 0 Å². The molecule has 4 aromatic rings. The first-order chi connectivity index (χ1) is 11.5. The van der Waals surface area contributed by atoms with Gasteiger partial charge in [-0.3, -0.25) is 4.79 Å². The molecule has 0 spiro atoms.